The molecule has 2 fully saturated rings. The average molecular weight is 444 g/mol. The first-order chi connectivity index (χ1) is 16.1. The zero-order chi connectivity index (χ0) is 22.9. The minimum Gasteiger partial charge on any atom is -0.482 e. The molecule has 2 saturated heterocycles. The molecule has 0 spiro atoms. The first kappa shape index (κ1) is 20.7. The molecule has 0 saturated carbocycles. The third kappa shape index (κ3) is 3.60. The Morgan fingerprint density at radius 3 is 2.12 bits per heavy atom. The lowest BCUT2D eigenvalue weighted by Crippen LogP contribution is -2.37. The number of carboxylic acid groups (broad SMARTS) is 1. The van der Waals surface area contributed by atoms with Gasteiger partial charge in [-0.15, -0.1) is 0 Å². The first-order valence-corrected chi connectivity index (χ1v) is 10.4. The van der Waals surface area contributed by atoms with Gasteiger partial charge in [-0.25, -0.2) is 14.8 Å². The molecule has 2 aliphatic heterocycles. The number of carboxylic acids is 1. The molecule has 0 bridgehead atoms. The molecule has 2 aliphatic rings. The standard InChI is InChI=1S/C25H20N2O6/c28-20(29)15-32-19-14-8-7-13-18(19)22-21-23(33-27(22)17-11-5-2-6-12-17)25(31)26(24(21)30)16-9-3-1-4-10-16/h1-14,21-23H,15H2,(H,28,29)/t21-,22+,23-/m0/s1. The normalized spacial score (nSPS) is 21.9. The van der Waals surface area contributed by atoms with Crippen molar-refractivity contribution in [1.29, 1.82) is 0 Å². The molecule has 33 heavy (non-hydrogen) atoms. The second-order valence-corrected chi connectivity index (χ2v) is 7.73. The number of benzene rings is 3. The van der Waals surface area contributed by atoms with E-state index in [0.29, 0.717) is 22.7 Å². The molecule has 8 heteroatoms. The number of fused-ring (bicyclic) bond motifs is 1. The summed E-state index contributed by atoms with van der Waals surface area (Å²) in [5.74, 6) is -2.47. The van der Waals surface area contributed by atoms with Gasteiger partial charge in [0.25, 0.3) is 5.91 Å². The summed E-state index contributed by atoms with van der Waals surface area (Å²) in [7, 11) is 0. The largest absolute Gasteiger partial charge is 0.482 e. The third-order valence-electron chi connectivity index (χ3n) is 5.73. The number of hydrogen-bond donors (Lipinski definition) is 1. The predicted molar refractivity (Wildman–Crippen MR) is 119 cm³/mol. The Morgan fingerprint density at radius 2 is 1.45 bits per heavy atom. The lowest BCUT2D eigenvalue weighted by Gasteiger charge is -2.29. The van der Waals surface area contributed by atoms with E-state index in [1.54, 1.807) is 53.6 Å². The maximum absolute atomic E-state index is 13.6. The lowest BCUT2D eigenvalue weighted by molar-refractivity contribution is -0.139. The van der Waals surface area contributed by atoms with Crippen LogP contribution in [0.1, 0.15) is 11.6 Å². The molecule has 3 atom stereocenters. The minimum atomic E-state index is -1.12. The maximum atomic E-state index is 13.6. The number of nitrogens with zero attached hydrogens (tertiary/aromatic N) is 2. The Kier molecular flexibility index (Phi) is 5.27. The fourth-order valence-corrected chi connectivity index (χ4v) is 4.36. The SMILES string of the molecule is O=C(O)COc1ccccc1[C@@H]1[C@@H]2C(=O)N(c3ccccc3)C(=O)[C@H]2ON1c1ccccc1. The lowest BCUT2D eigenvalue weighted by atomic mass is 9.90. The van der Waals surface area contributed by atoms with Gasteiger partial charge in [0, 0.05) is 5.56 Å². The molecule has 2 amide bonds. The molecular formula is C25H20N2O6. The van der Waals surface area contributed by atoms with Crippen molar-refractivity contribution in [1.82, 2.24) is 0 Å². The molecule has 3 aromatic carbocycles. The van der Waals surface area contributed by atoms with Crippen LogP contribution in [0.3, 0.4) is 0 Å². The monoisotopic (exact) mass is 444 g/mol. The fraction of sp³-hybridized carbons (Fsp3) is 0.160. The van der Waals surface area contributed by atoms with Crippen LogP contribution in [0.2, 0.25) is 0 Å². The summed E-state index contributed by atoms with van der Waals surface area (Å²) < 4.78 is 5.53. The van der Waals surface area contributed by atoms with Gasteiger partial charge in [0.15, 0.2) is 12.7 Å². The Morgan fingerprint density at radius 1 is 0.848 bits per heavy atom. The highest BCUT2D eigenvalue weighted by atomic mass is 16.7. The highest BCUT2D eigenvalue weighted by Crippen LogP contribution is 2.49. The maximum Gasteiger partial charge on any atom is 0.341 e. The van der Waals surface area contributed by atoms with E-state index >= 15 is 0 Å². The molecular weight excluding hydrogens is 424 g/mol. The van der Waals surface area contributed by atoms with Crippen LogP contribution in [0, 0.1) is 5.92 Å². The summed E-state index contributed by atoms with van der Waals surface area (Å²) >= 11 is 0. The van der Waals surface area contributed by atoms with Crippen LogP contribution in [0.15, 0.2) is 84.9 Å². The summed E-state index contributed by atoms with van der Waals surface area (Å²) in [6.07, 6.45) is -1.02. The number of hydrogen-bond acceptors (Lipinski definition) is 6. The number of carbonyl (C=O) groups excluding carboxylic acids is 2. The number of carbonyl (C=O) groups is 3. The van der Waals surface area contributed by atoms with Crippen LogP contribution >= 0.6 is 0 Å². The highest BCUT2D eigenvalue weighted by Gasteiger charge is 2.60. The summed E-state index contributed by atoms with van der Waals surface area (Å²) in [5, 5.41) is 10.6. The van der Waals surface area contributed by atoms with E-state index < -0.39 is 36.5 Å². The second kappa shape index (κ2) is 8.40. The molecule has 0 aliphatic carbocycles. The second-order valence-electron chi connectivity index (χ2n) is 7.73. The summed E-state index contributed by atoms with van der Waals surface area (Å²) in [6, 6.07) is 24.1. The van der Waals surface area contributed by atoms with Crippen LogP contribution in [-0.2, 0) is 19.2 Å². The Balaban J connectivity index is 1.60. The first-order valence-electron chi connectivity index (χ1n) is 10.4. The Labute approximate surface area is 189 Å². The summed E-state index contributed by atoms with van der Waals surface area (Å²) in [4.78, 5) is 45.3. The van der Waals surface area contributed by atoms with Crippen LogP contribution < -0.4 is 14.7 Å². The number of anilines is 2. The molecule has 0 aromatic heterocycles. The van der Waals surface area contributed by atoms with Crippen molar-refractivity contribution in [3.05, 3.63) is 90.5 Å². The van der Waals surface area contributed by atoms with Crippen LogP contribution in [0.5, 0.6) is 5.75 Å². The van der Waals surface area contributed by atoms with Gasteiger partial charge in [-0.2, -0.15) is 0 Å². The van der Waals surface area contributed by atoms with E-state index in [9.17, 15) is 14.4 Å². The number of hydroxylamine groups is 1. The van der Waals surface area contributed by atoms with Gasteiger partial charge < -0.3 is 9.84 Å². The molecule has 2 heterocycles. The molecule has 8 nitrogen and oxygen atoms in total. The van der Waals surface area contributed by atoms with Gasteiger partial charge in [-0.05, 0) is 30.3 Å². The fourth-order valence-electron chi connectivity index (χ4n) is 4.36. The highest BCUT2D eigenvalue weighted by molar-refractivity contribution is 6.23. The summed E-state index contributed by atoms with van der Waals surface area (Å²) in [6.45, 7) is -0.535. The van der Waals surface area contributed by atoms with E-state index in [0.717, 1.165) is 4.90 Å². The van der Waals surface area contributed by atoms with Gasteiger partial charge in [0.2, 0.25) is 5.91 Å². The third-order valence-corrected chi connectivity index (χ3v) is 5.73. The van der Waals surface area contributed by atoms with Gasteiger partial charge in [-0.3, -0.25) is 14.4 Å². The number of ether oxygens (including phenoxy) is 1. The van der Waals surface area contributed by atoms with E-state index in [1.165, 1.54) is 0 Å². The van der Waals surface area contributed by atoms with Gasteiger partial charge in [0.05, 0.1) is 17.4 Å². The van der Waals surface area contributed by atoms with Crippen LogP contribution in [0.4, 0.5) is 11.4 Å². The Bertz CT molecular complexity index is 1200. The van der Waals surface area contributed by atoms with E-state index in [-0.39, 0.29) is 5.91 Å². The molecule has 0 unspecified atom stereocenters. The minimum absolute atomic E-state index is 0.313. The van der Waals surface area contributed by atoms with Crippen molar-refractivity contribution in [2.45, 2.75) is 12.1 Å². The quantitative estimate of drug-likeness (QED) is 0.583. The van der Waals surface area contributed by atoms with Crippen LogP contribution in [-0.4, -0.2) is 35.6 Å². The van der Waals surface area contributed by atoms with Gasteiger partial charge >= 0.3 is 5.97 Å². The number of rotatable bonds is 6. The van der Waals surface area contributed by atoms with Crippen molar-refractivity contribution in [2.75, 3.05) is 16.6 Å². The van der Waals surface area contributed by atoms with E-state index in [1.807, 2.05) is 36.4 Å². The van der Waals surface area contributed by atoms with E-state index in [2.05, 4.69) is 0 Å². The van der Waals surface area contributed by atoms with Crippen molar-refractivity contribution in [3.8, 4) is 5.75 Å². The topological polar surface area (TPSA) is 96.4 Å². The smallest absolute Gasteiger partial charge is 0.341 e. The molecule has 5 rings (SSSR count). The van der Waals surface area contributed by atoms with Crippen molar-refractivity contribution in [2.24, 2.45) is 5.92 Å². The molecule has 1 N–H and O–H groups in total. The van der Waals surface area contributed by atoms with E-state index in [4.69, 9.17) is 14.7 Å². The Hall–Kier alpha value is -4.17. The van der Waals surface area contributed by atoms with Crippen molar-refractivity contribution in [3.63, 3.8) is 0 Å². The van der Waals surface area contributed by atoms with Gasteiger partial charge in [-0.1, -0.05) is 54.6 Å². The van der Waals surface area contributed by atoms with Crippen LogP contribution in [0.25, 0.3) is 0 Å². The number of aliphatic carboxylic acids is 1. The summed E-state index contributed by atoms with van der Waals surface area (Å²) in [5.41, 5.74) is 1.70. The number of imide groups is 1. The zero-order valence-electron chi connectivity index (χ0n) is 17.4. The van der Waals surface area contributed by atoms with Gasteiger partial charge in [0.1, 0.15) is 11.7 Å². The molecule has 0 radical (unpaired) electrons. The number of amides is 2. The van der Waals surface area contributed by atoms with Crippen molar-refractivity contribution < 1.29 is 29.1 Å². The average Bonchev–Trinajstić information content (AvgIpc) is 3.35. The predicted octanol–water partition coefficient (Wildman–Crippen LogP) is 3.20. The molecule has 166 valence electrons. The molecule has 3 aromatic rings. The zero-order valence-corrected chi connectivity index (χ0v) is 17.4. The number of para-hydroxylation sites is 3. The van der Waals surface area contributed by atoms with Crippen molar-refractivity contribution >= 4 is 29.2 Å².